The topological polar surface area (TPSA) is 92.7 Å². The summed E-state index contributed by atoms with van der Waals surface area (Å²) in [7, 11) is 0. The summed E-state index contributed by atoms with van der Waals surface area (Å²) in [4.78, 5) is 16.4. The summed E-state index contributed by atoms with van der Waals surface area (Å²) in [5, 5.41) is 17.1. The number of carbonyl (C=O) groups is 1. The third-order valence-electron chi connectivity index (χ3n) is 3.75. The number of carbonyl (C=O) groups excluding carboxylic acids is 1. The van der Waals surface area contributed by atoms with Gasteiger partial charge in [0, 0.05) is 38.0 Å². The number of nitrogens with one attached hydrogen (secondary N) is 2. The van der Waals surface area contributed by atoms with Crippen molar-refractivity contribution in [3.63, 3.8) is 0 Å². The molecule has 2 heterocycles. The summed E-state index contributed by atoms with van der Waals surface area (Å²) in [5.74, 6) is 0. The molecular weight excluding hydrogens is 318 g/mol. The summed E-state index contributed by atoms with van der Waals surface area (Å²) < 4.78 is 11.1. The first kappa shape index (κ1) is 18.1. The molecule has 1 saturated heterocycles. The zero-order chi connectivity index (χ0) is 16.5. The number of nitrogens with zero attached hydrogens (tertiary/aromatic N) is 1. The number of aromatic nitrogens is 1. The SMILES string of the molecule is CCCc1csc(NC(=O)NCC2(OCCO)CCOCC2)n1. The molecule has 7 nitrogen and oxygen atoms in total. The third-order valence-corrected chi connectivity index (χ3v) is 4.56. The van der Waals surface area contributed by atoms with Crippen molar-refractivity contribution in [3.8, 4) is 0 Å². The molecule has 130 valence electrons. The van der Waals surface area contributed by atoms with Crippen molar-refractivity contribution >= 4 is 22.5 Å². The van der Waals surface area contributed by atoms with Crippen molar-refractivity contribution < 1.29 is 19.4 Å². The van der Waals surface area contributed by atoms with Crippen molar-refractivity contribution in [2.75, 3.05) is 38.3 Å². The van der Waals surface area contributed by atoms with E-state index in [0.717, 1.165) is 18.5 Å². The van der Waals surface area contributed by atoms with Gasteiger partial charge in [-0.15, -0.1) is 11.3 Å². The quantitative estimate of drug-likeness (QED) is 0.669. The van der Waals surface area contributed by atoms with Crippen LogP contribution in [0.15, 0.2) is 5.38 Å². The van der Waals surface area contributed by atoms with Crippen LogP contribution in [0.3, 0.4) is 0 Å². The number of aliphatic hydroxyl groups excluding tert-OH is 1. The summed E-state index contributed by atoms with van der Waals surface area (Å²) in [6.45, 7) is 3.90. The highest BCUT2D eigenvalue weighted by atomic mass is 32.1. The molecule has 1 aliphatic rings. The molecule has 0 radical (unpaired) electrons. The minimum absolute atomic E-state index is 0.0336. The molecular formula is C15H25N3O4S. The summed E-state index contributed by atoms with van der Waals surface area (Å²) in [5.41, 5.74) is 0.536. The molecule has 0 spiro atoms. The van der Waals surface area contributed by atoms with Crippen LogP contribution in [0, 0.1) is 0 Å². The van der Waals surface area contributed by atoms with Gasteiger partial charge in [0.25, 0.3) is 0 Å². The van der Waals surface area contributed by atoms with Gasteiger partial charge in [-0.1, -0.05) is 13.3 Å². The van der Waals surface area contributed by atoms with Crippen LogP contribution in [-0.2, 0) is 15.9 Å². The Labute approximate surface area is 140 Å². The summed E-state index contributed by atoms with van der Waals surface area (Å²) in [6, 6.07) is -0.291. The maximum absolute atomic E-state index is 12.0. The fraction of sp³-hybridized carbons (Fsp3) is 0.733. The predicted octanol–water partition coefficient (Wildman–Crippen LogP) is 1.78. The van der Waals surface area contributed by atoms with E-state index in [-0.39, 0.29) is 19.2 Å². The van der Waals surface area contributed by atoms with Gasteiger partial charge in [0.1, 0.15) is 0 Å². The van der Waals surface area contributed by atoms with E-state index in [1.165, 1.54) is 11.3 Å². The Bertz CT molecular complexity index is 489. The van der Waals surface area contributed by atoms with Crippen LogP contribution < -0.4 is 10.6 Å². The van der Waals surface area contributed by atoms with E-state index in [1.807, 2.05) is 5.38 Å². The van der Waals surface area contributed by atoms with Gasteiger partial charge in [-0.25, -0.2) is 9.78 Å². The highest BCUT2D eigenvalue weighted by molar-refractivity contribution is 7.13. The van der Waals surface area contributed by atoms with E-state index in [4.69, 9.17) is 14.6 Å². The maximum Gasteiger partial charge on any atom is 0.321 e. The number of anilines is 1. The lowest BCUT2D eigenvalue weighted by atomic mass is 9.94. The Morgan fingerprint density at radius 2 is 2.30 bits per heavy atom. The first-order chi connectivity index (χ1) is 11.2. The molecule has 0 aliphatic carbocycles. The molecule has 1 fully saturated rings. The van der Waals surface area contributed by atoms with Crippen LogP contribution in [0.25, 0.3) is 0 Å². The molecule has 0 atom stereocenters. The number of ether oxygens (including phenoxy) is 2. The second kappa shape index (κ2) is 9.17. The minimum atomic E-state index is -0.464. The standard InChI is InChI=1S/C15H25N3O4S/c1-2-3-12-10-23-14(17-12)18-13(20)16-11-15(22-9-6-19)4-7-21-8-5-15/h10,19H,2-9,11H2,1H3,(H2,16,17,18,20). The second-order valence-electron chi connectivity index (χ2n) is 5.57. The Hall–Kier alpha value is -1.22. The average molecular weight is 343 g/mol. The van der Waals surface area contributed by atoms with Gasteiger partial charge in [0.05, 0.1) is 24.5 Å². The highest BCUT2D eigenvalue weighted by Crippen LogP contribution is 2.24. The molecule has 23 heavy (non-hydrogen) atoms. The molecule has 0 bridgehead atoms. The van der Waals surface area contributed by atoms with Crippen molar-refractivity contribution in [2.45, 2.75) is 38.2 Å². The number of aliphatic hydroxyl groups is 1. The molecule has 3 N–H and O–H groups in total. The predicted molar refractivity (Wildman–Crippen MR) is 89.0 cm³/mol. The molecule has 2 amide bonds. The summed E-state index contributed by atoms with van der Waals surface area (Å²) in [6.07, 6.45) is 3.34. The molecule has 0 unspecified atom stereocenters. The number of aryl methyl sites for hydroxylation is 1. The average Bonchev–Trinajstić information content (AvgIpc) is 3.00. The molecule has 0 saturated carbocycles. The summed E-state index contributed by atoms with van der Waals surface area (Å²) >= 11 is 1.42. The zero-order valence-electron chi connectivity index (χ0n) is 13.5. The molecule has 1 aromatic heterocycles. The minimum Gasteiger partial charge on any atom is -0.394 e. The van der Waals surface area contributed by atoms with Gasteiger partial charge in [-0.2, -0.15) is 0 Å². The zero-order valence-corrected chi connectivity index (χ0v) is 14.3. The van der Waals surface area contributed by atoms with Crippen molar-refractivity contribution in [2.24, 2.45) is 0 Å². The fourth-order valence-electron chi connectivity index (χ4n) is 2.50. The van der Waals surface area contributed by atoms with E-state index in [2.05, 4.69) is 22.5 Å². The van der Waals surface area contributed by atoms with E-state index >= 15 is 0 Å². The molecule has 8 heteroatoms. The van der Waals surface area contributed by atoms with Gasteiger partial charge in [-0.3, -0.25) is 5.32 Å². The first-order valence-corrected chi connectivity index (χ1v) is 8.87. The lowest BCUT2D eigenvalue weighted by molar-refractivity contribution is -0.113. The van der Waals surface area contributed by atoms with Crippen LogP contribution in [0.2, 0.25) is 0 Å². The monoisotopic (exact) mass is 343 g/mol. The lowest BCUT2D eigenvalue weighted by Gasteiger charge is -2.37. The van der Waals surface area contributed by atoms with Gasteiger partial charge in [0.2, 0.25) is 0 Å². The van der Waals surface area contributed by atoms with Gasteiger partial charge >= 0.3 is 6.03 Å². The Balaban J connectivity index is 1.82. The van der Waals surface area contributed by atoms with Gasteiger partial charge in [0.15, 0.2) is 5.13 Å². The van der Waals surface area contributed by atoms with Gasteiger partial charge < -0.3 is 19.9 Å². The Morgan fingerprint density at radius 1 is 1.52 bits per heavy atom. The molecule has 0 aromatic carbocycles. The van der Waals surface area contributed by atoms with Crippen LogP contribution in [0.4, 0.5) is 9.93 Å². The van der Waals surface area contributed by atoms with E-state index in [1.54, 1.807) is 0 Å². The number of amides is 2. The van der Waals surface area contributed by atoms with Crippen LogP contribution in [0.5, 0.6) is 0 Å². The number of urea groups is 1. The Morgan fingerprint density at radius 3 is 3.00 bits per heavy atom. The highest BCUT2D eigenvalue weighted by Gasteiger charge is 2.34. The van der Waals surface area contributed by atoms with Gasteiger partial charge in [-0.05, 0) is 6.42 Å². The van der Waals surface area contributed by atoms with Crippen molar-refractivity contribution in [1.29, 1.82) is 0 Å². The lowest BCUT2D eigenvalue weighted by Crippen LogP contribution is -2.50. The van der Waals surface area contributed by atoms with Crippen molar-refractivity contribution in [3.05, 3.63) is 11.1 Å². The normalized spacial score (nSPS) is 17.0. The smallest absolute Gasteiger partial charge is 0.321 e. The van der Waals surface area contributed by atoms with Crippen LogP contribution in [-0.4, -0.2) is 54.7 Å². The number of hydrogen-bond acceptors (Lipinski definition) is 6. The van der Waals surface area contributed by atoms with E-state index in [9.17, 15) is 4.79 Å². The third kappa shape index (κ3) is 5.72. The Kier molecular flexibility index (Phi) is 7.22. The fourth-order valence-corrected chi connectivity index (χ4v) is 3.24. The number of rotatable bonds is 8. The maximum atomic E-state index is 12.0. The van der Waals surface area contributed by atoms with Crippen LogP contribution in [0.1, 0.15) is 31.9 Å². The van der Waals surface area contributed by atoms with E-state index in [0.29, 0.717) is 37.7 Å². The second-order valence-corrected chi connectivity index (χ2v) is 6.43. The molecule has 1 aliphatic heterocycles. The van der Waals surface area contributed by atoms with E-state index < -0.39 is 5.60 Å². The van der Waals surface area contributed by atoms with Crippen molar-refractivity contribution in [1.82, 2.24) is 10.3 Å². The first-order valence-electron chi connectivity index (χ1n) is 7.99. The number of thiazole rings is 1. The van der Waals surface area contributed by atoms with Crippen LogP contribution >= 0.6 is 11.3 Å². The number of hydrogen-bond donors (Lipinski definition) is 3. The molecule has 1 aromatic rings. The largest absolute Gasteiger partial charge is 0.394 e. The molecule has 2 rings (SSSR count).